The van der Waals surface area contributed by atoms with Crippen LogP contribution >= 0.6 is 0 Å². The lowest BCUT2D eigenvalue weighted by atomic mass is 10.1. The highest BCUT2D eigenvalue weighted by atomic mass is 32.2. The number of halogens is 3. The van der Waals surface area contributed by atoms with Crippen molar-refractivity contribution in [2.75, 3.05) is 6.26 Å². The lowest BCUT2D eigenvalue weighted by molar-refractivity contribution is -0.137. The molecule has 27 heavy (non-hydrogen) atoms. The summed E-state index contributed by atoms with van der Waals surface area (Å²) in [5.74, 6) is -1.24. The molecule has 10 heteroatoms. The number of esters is 1. The Bertz CT molecular complexity index is 1070. The summed E-state index contributed by atoms with van der Waals surface area (Å²) in [6, 6.07) is 7.15. The summed E-state index contributed by atoms with van der Waals surface area (Å²) in [5, 5.41) is 0. The molecule has 1 heterocycles. The first kappa shape index (κ1) is 18.9. The summed E-state index contributed by atoms with van der Waals surface area (Å²) < 4.78 is 70.8. The molecule has 0 unspecified atom stereocenters. The monoisotopic (exact) mass is 399 g/mol. The van der Waals surface area contributed by atoms with Crippen molar-refractivity contribution in [1.29, 1.82) is 0 Å². The molecule has 142 valence electrons. The molecule has 0 N–H and O–H groups in total. The number of rotatable bonds is 3. The van der Waals surface area contributed by atoms with E-state index in [9.17, 15) is 26.4 Å². The maximum Gasteiger partial charge on any atom is 0.416 e. The first-order valence-corrected chi connectivity index (χ1v) is 9.29. The lowest BCUT2D eigenvalue weighted by Crippen LogP contribution is -2.09. The van der Waals surface area contributed by atoms with Crippen LogP contribution in [0.4, 0.5) is 18.9 Å². The van der Waals surface area contributed by atoms with Crippen LogP contribution in [0.25, 0.3) is 0 Å². The van der Waals surface area contributed by atoms with Crippen LogP contribution in [0.15, 0.2) is 41.4 Å². The number of carbonyl (C=O) groups excluding carboxylic acids is 1. The van der Waals surface area contributed by atoms with Gasteiger partial charge in [-0.05, 0) is 42.8 Å². The molecule has 0 amide bonds. The third-order valence-electron chi connectivity index (χ3n) is 3.64. The van der Waals surface area contributed by atoms with Gasteiger partial charge >= 0.3 is 22.3 Å². The second-order valence-electron chi connectivity index (χ2n) is 5.77. The molecule has 2 aromatic rings. The van der Waals surface area contributed by atoms with Gasteiger partial charge in [-0.15, -0.1) is 0 Å². The van der Waals surface area contributed by atoms with Gasteiger partial charge in [-0.3, -0.25) is 0 Å². The molecule has 3 rings (SSSR count). The predicted octanol–water partition coefficient (Wildman–Crippen LogP) is 3.60. The van der Waals surface area contributed by atoms with E-state index >= 15 is 0 Å². The third-order valence-corrected chi connectivity index (χ3v) is 4.12. The number of nitrogens with zero attached hydrogens (tertiary/aromatic N) is 1. The highest BCUT2D eigenvalue weighted by molar-refractivity contribution is 7.86. The molecule has 6 nitrogen and oxygen atoms in total. The zero-order valence-corrected chi connectivity index (χ0v) is 14.8. The van der Waals surface area contributed by atoms with E-state index < -0.39 is 27.8 Å². The summed E-state index contributed by atoms with van der Waals surface area (Å²) in [6.45, 7) is 1.44. The molecule has 0 atom stereocenters. The smallest absolute Gasteiger partial charge is 0.403 e. The number of ether oxygens (including phenoxy) is 1. The van der Waals surface area contributed by atoms with Gasteiger partial charge < -0.3 is 8.92 Å². The van der Waals surface area contributed by atoms with Crippen molar-refractivity contribution < 1.29 is 35.3 Å². The number of cyclic esters (lactones) is 1. The van der Waals surface area contributed by atoms with Gasteiger partial charge in [-0.25, -0.2) is 9.79 Å². The molecule has 1 aliphatic heterocycles. The van der Waals surface area contributed by atoms with E-state index in [2.05, 4.69) is 4.99 Å². The number of hydrogen-bond donors (Lipinski definition) is 0. The number of aliphatic imine (C=N–C) groups is 1. The van der Waals surface area contributed by atoms with E-state index in [-0.39, 0.29) is 34.0 Å². The zero-order valence-electron chi connectivity index (χ0n) is 14.0. The minimum atomic E-state index is -4.49. The maximum absolute atomic E-state index is 12.8. The standard InChI is InChI=1S/C17H12F3NO5S/c1-9-8-10(17(18,19)20)6-7-12(9)21-15-11-4-3-5-13(26-27(2,23)24)14(11)16(22)25-15/h3-8H,1-2H3. The molecule has 0 aliphatic carbocycles. The quantitative estimate of drug-likeness (QED) is 0.582. The van der Waals surface area contributed by atoms with Gasteiger partial charge in [0.15, 0.2) is 5.75 Å². The van der Waals surface area contributed by atoms with Gasteiger partial charge in [-0.2, -0.15) is 21.6 Å². The molecule has 0 spiro atoms. The van der Waals surface area contributed by atoms with Crippen molar-refractivity contribution in [2.24, 2.45) is 4.99 Å². The molecule has 0 bridgehead atoms. The molecule has 1 aliphatic rings. The zero-order chi connectivity index (χ0) is 20.0. The molecule has 0 radical (unpaired) electrons. The lowest BCUT2D eigenvalue weighted by Gasteiger charge is -2.09. The minimum absolute atomic E-state index is 0.119. The van der Waals surface area contributed by atoms with E-state index in [0.717, 1.165) is 24.5 Å². The van der Waals surface area contributed by atoms with Crippen LogP contribution in [0.3, 0.4) is 0 Å². The summed E-state index contributed by atoms with van der Waals surface area (Å²) in [4.78, 5) is 16.2. The topological polar surface area (TPSA) is 82.0 Å². The Hall–Kier alpha value is -2.88. The van der Waals surface area contributed by atoms with Gasteiger partial charge in [0, 0.05) is 0 Å². The van der Waals surface area contributed by atoms with Crippen LogP contribution in [0, 0.1) is 6.92 Å². The number of benzene rings is 2. The van der Waals surface area contributed by atoms with Gasteiger partial charge in [-0.1, -0.05) is 6.07 Å². The van der Waals surface area contributed by atoms with Crippen LogP contribution in [0.5, 0.6) is 5.75 Å². The third kappa shape index (κ3) is 3.95. The number of carbonyl (C=O) groups is 1. The Morgan fingerprint density at radius 2 is 1.85 bits per heavy atom. The Morgan fingerprint density at radius 1 is 1.15 bits per heavy atom. The van der Waals surface area contributed by atoms with Crippen LogP contribution in [-0.2, 0) is 21.0 Å². The number of hydrogen-bond acceptors (Lipinski definition) is 6. The Balaban J connectivity index is 2.05. The number of alkyl halides is 3. The largest absolute Gasteiger partial charge is 0.416 e. The van der Waals surface area contributed by atoms with Crippen molar-refractivity contribution in [3.05, 3.63) is 58.7 Å². The number of fused-ring (bicyclic) bond motifs is 1. The second-order valence-corrected chi connectivity index (χ2v) is 7.35. The summed E-state index contributed by atoms with van der Waals surface area (Å²) in [7, 11) is -3.88. The van der Waals surface area contributed by atoms with E-state index in [1.807, 2.05) is 0 Å². The molecular formula is C17H12F3NO5S. The maximum atomic E-state index is 12.8. The molecule has 0 saturated carbocycles. The summed E-state index contributed by atoms with van der Waals surface area (Å²) in [5.41, 5.74) is -0.359. The van der Waals surface area contributed by atoms with Gasteiger partial charge in [0.1, 0.15) is 5.56 Å². The van der Waals surface area contributed by atoms with Crippen molar-refractivity contribution in [2.45, 2.75) is 13.1 Å². The Morgan fingerprint density at radius 3 is 2.44 bits per heavy atom. The first-order valence-electron chi connectivity index (χ1n) is 7.47. The van der Waals surface area contributed by atoms with E-state index in [1.54, 1.807) is 0 Å². The van der Waals surface area contributed by atoms with Crippen molar-refractivity contribution in [3.8, 4) is 5.75 Å². The second kappa shape index (κ2) is 6.38. The highest BCUT2D eigenvalue weighted by Gasteiger charge is 2.33. The SMILES string of the molecule is Cc1cc(C(F)(F)F)ccc1N=C1OC(=O)c2c(OS(C)(=O)=O)cccc21. The highest BCUT2D eigenvalue weighted by Crippen LogP contribution is 2.35. The molecule has 0 fully saturated rings. The summed E-state index contributed by atoms with van der Waals surface area (Å²) in [6.07, 6.45) is -3.66. The first-order chi connectivity index (χ1) is 12.5. The average molecular weight is 399 g/mol. The van der Waals surface area contributed by atoms with E-state index in [1.165, 1.54) is 25.1 Å². The molecule has 0 aromatic heterocycles. The Labute approximate surface area is 152 Å². The van der Waals surface area contributed by atoms with Crippen molar-refractivity contribution in [1.82, 2.24) is 0 Å². The van der Waals surface area contributed by atoms with Gasteiger partial charge in [0.2, 0.25) is 5.90 Å². The van der Waals surface area contributed by atoms with Gasteiger partial charge in [0.05, 0.1) is 23.1 Å². The van der Waals surface area contributed by atoms with E-state index in [4.69, 9.17) is 8.92 Å². The van der Waals surface area contributed by atoms with Crippen molar-refractivity contribution >= 4 is 27.7 Å². The predicted molar refractivity (Wildman–Crippen MR) is 89.7 cm³/mol. The normalized spacial score (nSPS) is 15.6. The van der Waals surface area contributed by atoms with E-state index in [0.29, 0.717) is 0 Å². The summed E-state index contributed by atoms with van der Waals surface area (Å²) >= 11 is 0. The van der Waals surface area contributed by atoms with Crippen LogP contribution < -0.4 is 4.18 Å². The molecular weight excluding hydrogens is 387 g/mol. The van der Waals surface area contributed by atoms with Crippen molar-refractivity contribution in [3.63, 3.8) is 0 Å². The Kier molecular flexibility index (Phi) is 4.46. The average Bonchev–Trinajstić information content (AvgIpc) is 2.84. The fourth-order valence-electron chi connectivity index (χ4n) is 2.50. The minimum Gasteiger partial charge on any atom is -0.403 e. The van der Waals surface area contributed by atoms with Crippen LogP contribution in [0.1, 0.15) is 27.0 Å². The van der Waals surface area contributed by atoms with Crippen LogP contribution in [0.2, 0.25) is 0 Å². The van der Waals surface area contributed by atoms with Crippen LogP contribution in [-0.4, -0.2) is 26.5 Å². The fourth-order valence-corrected chi connectivity index (χ4v) is 2.96. The van der Waals surface area contributed by atoms with Gasteiger partial charge in [0.25, 0.3) is 0 Å². The molecule has 0 saturated heterocycles. The molecule has 2 aromatic carbocycles. The fraction of sp³-hybridized carbons (Fsp3) is 0.176. The number of aryl methyl sites for hydroxylation is 1.